The van der Waals surface area contributed by atoms with E-state index in [1.807, 2.05) is 19.1 Å². The van der Waals surface area contributed by atoms with Crippen LogP contribution in [-0.4, -0.2) is 30.7 Å². The van der Waals surface area contributed by atoms with Gasteiger partial charge in [0.15, 0.2) is 11.0 Å². The summed E-state index contributed by atoms with van der Waals surface area (Å²) in [4.78, 5) is 4.78. The second-order valence-electron chi connectivity index (χ2n) is 6.86. The molecule has 0 radical (unpaired) electrons. The first kappa shape index (κ1) is 18.6. The molecule has 0 saturated heterocycles. The molecule has 2 N–H and O–H groups in total. The summed E-state index contributed by atoms with van der Waals surface area (Å²) in [5.74, 6) is 0.477. The minimum atomic E-state index is -0.0547. The first-order valence-corrected chi connectivity index (χ1v) is 9.85. The van der Waals surface area contributed by atoms with Gasteiger partial charge in [0, 0.05) is 11.8 Å². The smallest absolute Gasteiger partial charge is 0.193 e. The highest BCUT2D eigenvalue weighted by atomic mass is 32.1. The summed E-state index contributed by atoms with van der Waals surface area (Å²) in [6, 6.07) is 9.16. The number of phenols is 2. The summed E-state index contributed by atoms with van der Waals surface area (Å²) < 4.78 is 1.78. The number of benzene rings is 2. The number of thiol groups is 1. The Balaban J connectivity index is 1.87. The van der Waals surface area contributed by atoms with Crippen LogP contribution in [0.25, 0.3) is 17.1 Å². The second kappa shape index (κ2) is 7.31. The molecule has 1 aliphatic rings. The Hall–Kier alpha value is -2.80. The first-order chi connectivity index (χ1) is 13.5. The minimum Gasteiger partial charge on any atom is -0.508 e. The minimum absolute atomic E-state index is 0.0547. The van der Waals surface area contributed by atoms with Gasteiger partial charge in [0.1, 0.15) is 11.5 Å². The number of hydrogen-bond donors (Lipinski definition) is 3. The number of aryl methyl sites for hydroxylation is 2. The molecule has 0 spiro atoms. The van der Waals surface area contributed by atoms with Gasteiger partial charge in [0.2, 0.25) is 0 Å². The number of hydrogen-bond acceptors (Lipinski definition) is 6. The van der Waals surface area contributed by atoms with Crippen LogP contribution in [0.1, 0.15) is 37.8 Å². The van der Waals surface area contributed by atoms with Crippen molar-refractivity contribution in [1.82, 2.24) is 14.8 Å². The normalized spacial score (nSPS) is 13.3. The monoisotopic (exact) mass is 394 g/mol. The summed E-state index contributed by atoms with van der Waals surface area (Å²) in [7, 11) is 0. The topological polar surface area (TPSA) is 83.5 Å². The molecule has 0 fully saturated rings. The summed E-state index contributed by atoms with van der Waals surface area (Å²) in [5, 5.41) is 29.2. The number of fused-ring (bicyclic) bond motifs is 1. The molecule has 1 aromatic heterocycles. The van der Waals surface area contributed by atoms with E-state index in [0.29, 0.717) is 23.0 Å². The highest BCUT2D eigenvalue weighted by Crippen LogP contribution is 2.37. The van der Waals surface area contributed by atoms with E-state index >= 15 is 0 Å². The van der Waals surface area contributed by atoms with Gasteiger partial charge in [-0.05, 0) is 55.0 Å². The van der Waals surface area contributed by atoms with E-state index in [1.165, 1.54) is 17.3 Å². The van der Waals surface area contributed by atoms with E-state index in [4.69, 9.17) is 4.99 Å². The van der Waals surface area contributed by atoms with Crippen LogP contribution >= 0.6 is 12.6 Å². The number of nitrogens with zero attached hydrogens (tertiary/aromatic N) is 4. The summed E-state index contributed by atoms with van der Waals surface area (Å²) in [6.07, 6.45) is 3.57. The molecule has 0 atom stereocenters. The molecule has 144 valence electrons. The van der Waals surface area contributed by atoms with Gasteiger partial charge < -0.3 is 10.2 Å². The molecule has 0 unspecified atom stereocenters. The Bertz CT molecular complexity index is 1090. The molecule has 3 aromatic rings. The number of aromatic hydroxyl groups is 2. The van der Waals surface area contributed by atoms with Gasteiger partial charge in [0.05, 0.1) is 16.9 Å². The lowest BCUT2D eigenvalue weighted by atomic mass is 10.00. The zero-order chi connectivity index (χ0) is 19.8. The average molecular weight is 395 g/mol. The van der Waals surface area contributed by atoms with Crippen LogP contribution in [-0.2, 0) is 12.8 Å². The average Bonchev–Trinajstić information content (AvgIpc) is 3.08. The Kier molecular flexibility index (Phi) is 4.85. The maximum Gasteiger partial charge on any atom is 0.193 e. The molecule has 0 amide bonds. The predicted octanol–water partition coefficient (Wildman–Crippen LogP) is 4.63. The lowest BCUT2D eigenvalue weighted by molar-refractivity contribution is 0.447. The molecule has 6 nitrogen and oxygen atoms in total. The fourth-order valence-corrected chi connectivity index (χ4v) is 3.80. The fourth-order valence-electron chi connectivity index (χ4n) is 3.54. The van der Waals surface area contributed by atoms with Crippen molar-refractivity contribution in [3.8, 4) is 28.6 Å². The Labute approximate surface area is 169 Å². The van der Waals surface area contributed by atoms with Crippen molar-refractivity contribution in [2.24, 2.45) is 4.99 Å². The lowest BCUT2D eigenvalue weighted by Gasteiger charge is -2.17. The maximum atomic E-state index is 10.4. The standard InChI is InChI=1S/C21H22N4O2S/c1-3-12-9-16(19(27)11-18(12)26)20-23-24-21(28)25(20)15-8-6-13-5-7-14(4-2)22-17(13)10-15/h6,8-11,26-27H,3-5,7H2,1-2H3,(H,24,28). The van der Waals surface area contributed by atoms with Gasteiger partial charge in [-0.15, -0.1) is 22.8 Å². The quantitative estimate of drug-likeness (QED) is 0.564. The van der Waals surface area contributed by atoms with Crippen LogP contribution < -0.4 is 0 Å². The van der Waals surface area contributed by atoms with Crippen LogP contribution in [0.15, 0.2) is 40.5 Å². The van der Waals surface area contributed by atoms with Crippen molar-refractivity contribution in [1.29, 1.82) is 0 Å². The highest BCUT2D eigenvalue weighted by molar-refractivity contribution is 7.80. The lowest BCUT2D eigenvalue weighted by Crippen LogP contribution is -2.06. The molecule has 0 aliphatic carbocycles. The number of aromatic nitrogens is 3. The molecule has 2 heterocycles. The van der Waals surface area contributed by atoms with Gasteiger partial charge in [-0.2, -0.15) is 0 Å². The Morgan fingerprint density at radius 2 is 1.82 bits per heavy atom. The zero-order valence-corrected chi connectivity index (χ0v) is 16.7. The van der Waals surface area contributed by atoms with Gasteiger partial charge in [-0.3, -0.25) is 9.56 Å². The molecule has 2 aromatic carbocycles. The predicted molar refractivity (Wildman–Crippen MR) is 112 cm³/mol. The number of phenolic OH excluding ortho intramolecular Hbond substituents is 2. The van der Waals surface area contributed by atoms with Crippen molar-refractivity contribution >= 4 is 24.0 Å². The molecule has 0 bridgehead atoms. The molecule has 4 rings (SSSR count). The van der Waals surface area contributed by atoms with Gasteiger partial charge in [-0.25, -0.2) is 0 Å². The third-order valence-electron chi connectivity index (χ3n) is 5.16. The Morgan fingerprint density at radius 1 is 1.00 bits per heavy atom. The van der Waals surface area contributed by atoms with E-state index in [9.17, 15) is 10.2 Å². The number of aliphatic imine (C=N–C) groups is 1. The third-order valence-corrected chi connectivity index (χ3v) is 5.45. The molecule has 0 saturated carbocycles. The van der Waals surface area contributed by atoms with Crippen molar-refractivity contribution < 1.29 is 10.2 Å². The molecular weight excluding hydrogens is 372 g/mol. The second-order valence-corrected chi connectivity index (χ2v) is 7.26. The van der Waals surface area contributed by atoms with Crippen LogP contribution in [0.2, 0.25) is 0 Å². The highest BCUT2D eigenvalue weighted by Gasteiger charge is 2.20. The van der Waals surface area contributed by atoms with Gasteiger partial charge >= 0.3 is 0 Å². The van der Waals surface area contributed by atoms with Crippen molar-refractivity contribution in [2.75, 3.05) is 0 Å². The Morgan fingerprint density at radius 3 is 2.57 bits per heavy atom. The maximum absolute atomic E-state index is 10.4. The molecular formula is C21H22N4O2S. The van der Waals surface area contributed by atoms with E-state index in [2.05, 4.69) is 35.8 Å². The largest absolute Gasteiger partial charge is 0.508 e. The zero-order valence-electron chi connectivity index (χ0n) is 15.8. The first-order valence-electron chi connectivity index (χ1n) is 9.41. The van der Waals surface area contributed by atoms with Crippen LogP contribution in [0.4, 0.5) is 5.69 Å². The SMILES string of the molecule is CCC1=Nc2cc(-n3c(S)nnc3-c3cc(CC)c(O)cc3O)ccc2CC1. The van der Waals surface area contributed by atoms with Crippen molar-refractivity contribution in [3.63, 3.8) is 0 Å². The summed E-state index contributed by atoms with van der Waals surface area (Å²) in [6.45, 7) is 4.06. The van der Waals surface area contributed by atoms with Gasteiger partial charge in [0.25, 0.3) is 0 Å². The van der Waals surface area contributed by atoms with Crippen LogP contribution in [0.3, 0.4) is 0 Å². The molecule has 1 aliphatic heterocycles. The van der Waals surface area contributed by atoms with Crippen molar-refractivity contribution in [3.05, 3.63) is 41.5 Å². The summed E-state index contributed by atoms with van der Waals surface area (Å²) in [5.41, 5.74) is 5.43. The van der Waals surface area contributed by atoms with Gasteiger partial charge in [-0.1, -0.05) is 19.9 Å². The van der Waals surface area contributed by atoms with E-state index in [1.54, 1.807) is 10.6 Å². The van der Waals surface area contributed by atoms with E-state index in [0.717, 1.165) is 36.2 Å². The van der Waals surface area contributed by atoms with Crippen molar-refractivity contribution in [2.45, 2.75) is 44.7 Å². The van der Waals surface area contributed by atoms with E-state index < -0.39 is 0 Å². The summed E-state index contributed by atoms with van der Waals surface area (Å²) >= 11 is 4.47. The van der Waals surface area contributed by atoms with E-state index in [-0.39, 0.29) is 11.5 Å². The molecule has 7 heteroatoms. The number of rotatable bonds is 4. The van der Waals surface area contributed by atoms with Crippen LogP contribution in [0.5, 0.6) is 11.5 Å². The fraction of sp³-hybridized carbons (Fsp3) is 0.286. The third kappa shape index (κ3) is 3.16. The molecule has 28 heavy (non-hydrogen) atoms. The van der Waals surface area contributed by atoms with Crippen LogP contribution in [0, 0.1) is 0 Å².